The van der Waals surface area contributed by atoms with Gasteiger partial charge in [-0.15, -0.1) is 0 Å². The van der Waals surface area contributed by atoms with Gasteiger partial charge in [-0.2, -0.15) is 0 Å². The SMILES string of the molecule is CC(C)c1c(OC[C@@H](O)C[C@@H](O)CC(=O)O)c(-c2ccc(F)cc2)c(Oc2ccc3ccccc3n2)c2ccccc12. The van der Waals surface area contributed by atoms with E-state index >= 15 is 0 Å². The topological polar surface area (TPSA) is 109 Å². The second kappa shape index (κ2) is 12.5. The van der Waals surface area contributed by atoms with Crippen LogP contribution in [0.5, 0.6) is 17.4 Å². The van der Waals surface area contributed by atoms with Crippen molar-refractivity contribution in [2.24, 2.45) is 0 Å². The molecule has 5 aromatic rings. The van der Waals surface area contributed by atoms with Crippen molar-refractivity contribution in [2.45, 2.75) is 44.8 Å². The number of rotatable bonds is 11. The molecule has 3 N–H and O–H groups in total. The Hall–Kier alpha value is -4.53. The normalized spacial score (nSPS) is 12.9. The molecule has 1 aromatic heterocycles. The molecule has 0 saturated carbocycles. The Balaban J connectivity index is 1.68. The summed E-state index contributed by atoms with van der Waals surface area (Å²) in [5.74, 6) is -0.311. The van der Waals surface area contributed by atoms with Gasteiger partial charge in [0.15, 0.2) is 0 Å². The quantitative estimate of drug-likeness (QED) is 0.156. The molecule has 0 aliphatic rings. The zero-order chi connectivity index (χ0) is 29.8. The summed E-state index contributed by atoms with van der Waals surface area (Å²) in [4.78, 5) is 15.7. The molecular formula is C34H32FNO6. The van der Waals surface area contributed by atoms with Crippen LogP contribution in [0, 0.1) is 5.82 Å². The summed E-state index contributed by atoms with van der Waals surface area (Å²) >= 11 is 0. The summed E-state index contributed by atoms with van der Waals surface area (Å²) in [5.41, 5.74) is 2.82. The van der Waals surface area contributed by atoms with Gasteiger partial charge in [0.05, 0.1) is 29.7 Å². The number of fused-ring (bicyclic) bond motifs is 2. The van der Waals surface area contributed by atoms with Gasteiger partial charge in [0.2, 0.25) is 5.88 Å². The molecule has 0 aliphatic carbocycles. The summed E-state index contributed by atoms with van der Waals surface area (Å²) in [5, 5.41) is 32.4. The number of benzene rings is 4. The fourth-order valence-electron chi connectivity index (χ4n) is 5.17. The summed E-state index contributed by atoms with van der Waals surface area (Å²) in [6.07, 6.45) is -3.02. The average Bonchev–Trinajstić information content (AvgIpc) is 2.96. The van der Waals surface area contributed by atoms with Crippen molar-refractivity contribution >= 4 is 27.6 Å². The van der Waals surface area contributed by atoms with Crippen LogP contribution in [0.15, 0.2) is 84.9 Å². The zero-order valence-corrected chi connectivity index (χ0v) is 23.3. The molecule has 0 fully saturated rings. The summed E-state index contributed by atoms with van der Waals surface area (Å²) in [6.45, 7) is 3.85. The molecule has 7 nitrogen and oxygen atoms in total. The maximum Gasteiger partial charge on any atom is 0.305 e. The number of nitrogens with zero attached hydrogens (tertiary/aromatic N) is 1. The van der Waals surface area contributed by atoms with Gasteiger partial charge in [0, 0.05) is 28.8 Å². The van der Waals surface area contributed by atoms with Crippen LogP contribution in [-0.2, 0) is 4.79 Å². The minimum atomic E-state index is -1.23. The summed E-state index contributed by atoms with van der Waals surface area (Å²) < 4.78 is 26.9. The van der Waals surface area contributed by atoms with Crippen molar-refractivity contribution in [1.29, 1.82) is 0 Å². The van der Waals surface area contributed by atoms with Crippen LogP contribution in [0.25, 0.3) is 32.8 Å². The molecule has 1 heterocycles. The minimum Gasteiger partial charge on any atom is -0.490 e. The molecule has 0 aliphatic heterocycles. The van der Waals surface area contributed by atoms with Crippen LogP contribution < -0.4 is 9.47 Å². The van der Waals surface area contributed by atoms with E-state index in [1.165, 1.54) is 12.1 Å². The van der Waals surface area contributed by atoms with Crippen molar-refractivity contribution in [3.63, 3.8) is 0 Å². The second-order valence-corrected chi connectivity index (χ2v) is 10.6. The number of aromatic nitrogens is 1. The monoisotopic (exact) mass is 569 g/mol. The molecule has 2 atom stereocenters. The number of hydrogen-bond acceptors (Lipinski definition) is 6. The Morgan fingerprint density at radius 2 is 1.55 bits per heavy atom. The number of carboxylic acid groups (broad SMARTS) is 1. The lowest BCUT2D eigenvalue weighted by atomic mass is 9.88. The Morgan fingerprint density at radius 3 is 2.26 bits per heavy atom. The lowest BCUT2D eigenvalue weighted by Gasteiger charge is -2.25. The maximum atomic E-state index is 14.1. The van der Waals surface area contributed by atoms with Gasteiger partial charge in [-0.3, -0.25) is 4.79 Å². The van der Waals surface area contributed by atoms with Gasteiger partial charge in [-0.1, -0.05) is 68.4 Å². The van der Waals surface area contributed by atoms with Crippen LogP contribution in [-0.4, -0.2) is 45.1 Å². The molecule has 0 unspecified atom stereocenters. The second-order valence-electron chi connectivity index (χ2n) is 10.6. The lowest BCUT2D eigenvalue weighted by molar-refractivity contribution is -0.139. The third-order valence-corrected chi connectivity index (χ3v) is 7.02. The molecule has 0 saturated heterocycles. The van der Waals surface area contributed by atoms with Crippen LogP contribution in [0.2, 0.25) is 0 Å². The number of para-hydroxylation sites is 1. The van der Waals surface area contributed by atoms with Crippen LogP contribution >= 0.6 is 0 Å². The first-order valence-electron chi connectivity index (χ1n) is 13.8. The molecule has 5 rings (SSSR count). The van der Waals surface area contributed by atoms with E-state index in [2.05, 4.69) is 0 Å². The standard InChI is InChI=1S/C34H32FNO6/c1-20(2)31-26-8-4-5-9-27(26)33(42-29-16-13-21-7-3-6-10-28(21)36-29)32(22-11-14-23(35)15-12-22)34(31)41-19-25(38)17-24(37)18-30(39)40/h3-16,20,24-25,37-38H,17-19H2,1-2H3,(H,39,40)/t24-,25+/m1/s1. The van der Waals surface area contributed by atoms with Crippen molar-refractivity contribution in [2.75, 3.05) is 6.61 Å². The fraction of sp³-hybridized carbons (Fsp3) is 0.235. The zero-order valence-electron chi connectivity index (χ0n) is 23.3. The molecule has 0 radical (unpaired) electrons. The number of pyridine rings is 1. The van der Waals surface area contributed by atoms with E-state index in [0.717, 1.165) is 27.2 Å². The molecule has 4 aromatic carbocycles. The number of halogens is 1. The number of aliphatic carboxylic acids is 1. The number of ether oxygens (including phenoxy) is 2. The predicted octanol–water partition coefficient (Wildman–Crippen LogP) is 7.08. The molecule has 42 heavy (non-hydrogen) atoms. The first kappa shape index (κ1) is 29.0. The smallest absolute Gasteiger partial charge is 0.305 e. The highest BCUT2D eigenvalue weighted by Crippen LogP contribution is 2.50. The lowest BCUT2D eigenvalue weighted by Crippen LogP contribution is -2.26. The van der Waals surface area contributed by atoms with Crippen LogP contribution in [0.3, 0.4) is 0 Å². The minimum absolute atomic E-state index is 0.0216. The van der Waals surface area contributed by atoms with Gasteiger partial charge < -0.3 is 24.8 Å². The van der Waals surface area contributed by atoms with Crippen molar-refractivity contribution in [1.82, 2.24) is 4.98 Å². The molecule has 0 bridgehead atoms. The Bertz CT molecular complexity index is 1720. The molecule has 0 amide bonds. The molecular weight excluding hydrogens is 537 g/mol. The highest BCUT2D eigenvalue weighted by Gasteiger charge is 2.26. The third kappa shape index (κ3) is 6.35. The van der Waals surface area contributed by atoms with Gasteiger partial charge in [-0.25, -0.2) is 9.37 Å². The summed E-state index contributed by atoms with van der Waals surface area (Å²) in [7, 11) is 0. The van der Waals surface area contributed by atoms with Crippen LogP contribution in [0.1, 0.15) is 38.2 Å². The largest absolute Gasteiger partial charge is 0.490 e. The molecule has 0 spiro atoms. The Morgan fingerprint density at radius 1 is 0.857 bits per heavy atom. The average molecular weight is 570 g/mol. The van der Waals surface area contributed by atoms with E-state index in [-0.39, 0.29) is 18.9 Å². The van der Waals surface area contributed by atoms with E-state index in [1.807, 2.05) is 68.4 Å². The highest BCUT2D eigenvalue weighted by molar-refractivity contribution is 6.01. The number of carboxylic acids is 1. The van der Waals surface area contributed by atoms with E-state index in [1.54, 1.807) is 18.2 Å². The first-order chi connectivity index (χ1) is 20.2. The summed E-state index contributed by atoms with van der Waals surface area (Å²) in [6, 6.07) is 25.2. The van der Waals surface area contributed by atoms with Crippen molar-refractivity contribution < 1.29 is 34.0 Å². The number of aliphatic hydroxyl groups is 2. The van der Waals surface area contributed by atoms with E-state index in [9.17, 15) is 19.4 Å². The highest BCUT2D eigenvalue weighted by atomic mass is 19.1. The Labute approximate surface area is 242 Å². The Kier molecular flexibility index (Phi) is 8.66. The number of aliphatic hydroxyl groups excluding tert-OH is 2. The van der Waals surface area contributed by atoms with Crippen molar-refractivity contribution in [3.05, 3.63) is 96.3 Å². The van der Waals surface area contributed by atoms with Crippen molar-refractivity contribution in [3.8, 4) is 28.5 Å². The number of hydrogen-bond donors (Lipinski definition) is 3. The predicted molar refractivity (Wildman–Crippen MR) is 160 cm³/mol. The molecule has 216 valence electrons. The van der Waals surface area contributed by atoms with E-state index < -0.39 is 30.4 Å². The third-order valence-electron chi connectivity index (χ3n) is 7.02. The number of carbonyl (C=O) groups is 1. The van der Waals surface area contributed by atoms with Crippen LogP contribution in [0.4, 0.5) is 4.39 Å². The maximum absolute atomic E-state index is 14.1. The fourth-order valence-corrected chi connectivity index (χ4v) is 5.17. The van der Waals surface area contributed by atoms with Gasteiger partial charge in [0.1, 0.15) is 23.9 Å². The van der Waals surface area contributed by atoms with E-state index in [4.69, 9.17) is 19.6 Å². The first-order valence-corrected chi connectivity index (χ1v) is 13.8. The van der Waals surface area contributed by atoms with Gasteiger partial charge in [-0.05, 0) is 41.1 Å². The van der Waals surface area contributed by atoms with E-state index in [0.29, 0.717) is 28.5 Å². The van der Waals surface area contributed by atoms with Gasteiger partial charge in [0.25, 0.3) is 0 Å². The van der Waals surface area contributed by atoms with Gasteiger partial charge >= 0.3 is 5.97 Å². The molecule has 8 heteroatoms.